The van der Waals surface area contributed by atoms with Crippen molar-refractivity contribution in [3.63, 3.8) is 0 Å². The molecular formula is C17H22BrNO3. The van der Waals surface area contributed by atoms with E-state index in [1.165, 1.54) is 6.42 Å². The third-order valence-electron chi connectivity index (χ3n) is 4.48. The maximum atomic E-state index is 12.0. The topological polar surface area (TPSA) is 55.4 Å². The quantitative estimate of drug-likeness (QED) is 0.827. The van der Waals surface area contributed by atoms with Crippen LogP contribution >= 0.6 is 15.9 Å². The number of ether oxygens (including phenoxy) is 1. The second kappa shape index (κ2) is 7.77. The Bertz CT molecular complexity index is 546. The van der Waals surface area contributed by atoms with Gasteiger partial charge in [-0.15, -0.1) is 0 Å². The van der Waals surface area contributed by atoms with Crippen LogP contribution in [-0.4, -0.2) is 24.5 Å². The van der Waals surface area contributed by atoms with Crippen LogP contribution in [-0.2, 0) is 9.53 Å². The molecule has 1 amide bonds. The van der Waals surface area contributed by atoms with E-state index in [1.807, 2.05) is 6.07 Å². The van der Waals surface area contributed by atoms with Crippen molar-refractivity contribution >= 4 is 27.8 Å². The molecule has 1 aliphatic carbocycles. The zero-order chi connectivity index (χ0) is 16.1. The molecule has 0 spiro atoms. The summed E-state index contributed by atoms with van der Waals surface area (Å²) in [4.78, 5) is 23.9. The Labute approximate surface area is 139 Å². The number of amides is 1. The third kappa shape index (κ3) is 4.32. The van der Waals surface area contributed by atoms with Crippen molar-refractivity contribution in [2.24, 2.45) is 11.8 Å². The van der Waals surface area contributed by atoms with Gasteiger partial charge in [-0.2, -0.15) is 0 Å². The molecule has 1 saturated carbocycles. The minimum Gasteiger partial charge on any atom is -0.452 e. The fourth-order valence-corrected chi connectivity index (χ4v) is 3.32. The number of carbonyl (C=O) groups is 2. The summed E-state index contributed by atoms with van der Waals surface area (Å²) in [6, 6.07) is 7.18. The van der Waals surface area contributed by atoms with E-state index in [-0.39, 0.29) is 18.6 Å². The Kier molecular flexibility index (Phi) is 6.00. The molecule has 1 aromatic rings. The normalized spacial score (nSPS) is 24.6. The van der Waals surface area contributed by atoms with E-state index in [2.05, 4.69) is 35.1 Å². The molecule has 0 radical (unpaired) electrons. The van der Waals surface area contributed by atoms with E-state index in [1.54, 1.807) is 18.2 Å². The summed E-state index contributed by atoms with van der Waals surface area (Å²) in [7, 11) is 0. The molecule has 1 aromatic carbocycles. The van der Waals surface area contributed by atoms with Gasteiger partial charge in [0.25, 0.3) is 5.91 Å². The first-order valence-electron chi connectivity index (χ1n) is 7.70. The van der Waals surface area contributed by atoms with Crippen molar-refractivity contribution in [3.05, 3.63) is 34.3 Å². The van der Waals surface area contributed by atoms with Crippen molar-refractivity contribution in [2.75, 3.05) is 6.61 Å². The molecule has 0 heterocycles. The number of nitrogens with one attached hydrogen (secondary N) is 1. The third-order valence-corrected chi connectivity index (χ3v) is 5.17. The van der Waals surface area contributed by atoms with Crippen molar-refractivity contribution in [1.29, 1.82) is 0 Å². The smallest absolute Gasteiger partial charge is 0.339 e. The molecule has 2 rings (SSSR count). The highest BCUT2D eigenvalue weighted by molar-refractivity contribution is 9.10. The molecule has 1 aliphatic rings. The van der Waals surface area contributed by atoms with Crippen molar-refractivity contribution in [3.8, 4) is 0 Å². The lowest BCUT2D eigenvalue weighted by Crippen LogP contribution is -2.45. The monoisotopic (exact) mass is 367 g/mol. The summed E-state index contributed by atoms with van der Waals surface area (Å²) in [5.41, 5.74) is 0.426. The molecule has 0 unspecified atom stereocenters. The Morgan fingerprint density at radius 2 is 2.00 bits per heavy atom. The molecular weight excluding hydrogens is 346 g/mol. The Morgan fingerprint density at radius 1 is 1.27 bits per heavy atom. The van der Waals surface area contributed by atoms with Crippen LogP contribution in [0.3, 0.4) is 0 Å². The molecule has 3 atom stereocenters. The average molecular weight is 368 g/mol. The summed E-state index contributed by atoms with van der Waals surface area (Å²) in [6.45, 7) is 4.15. The van der Waals surface area contributed by atoms with Gasteiger partial charge in [0, 0.05) is 10.5 Å². The van der Waals surface area contributed by atoms with Crippen LogP contribution in [0.4, 0.5) is 0 Å². The van der Waals surface area contributed by atoms with Gasteiger partial charge in [-0.3, -0.25) is 4.79 Å². The Morgan fingerprint density at radius 3 is 2.73 bits per heavy atom. The second-order valence-electron chi connectivity index (χ2n) is 6.00. The van der Waals surface area contributed by atoms with Crippen LogP contribution in [0, 0.1) is 11.8 Å². The van der Waals surface area contributed by atoms with Gasteiger partial charge in [-0.1, -0.05) is 38.8 Å². The number of hydrogen-bond acceptors (Lipinski definition) is 3. The molecule has 0 aromatic heterocycles. The van der Waals surface area contributed by atoms with Crippen molar-refractivity contribution in [2.45, 2.75) is 39.2 Å². The summed E-state index contributed by atoms with van der Waals surface area (Å²) >= 11 is 3.30. The van der Waals surface area contributed by atoms with E-state index < -0.39 is 5.97 Å². The van der Waals surface area contributed by atoms with Gasteiger partial charge in [-0.05, 0) is 46.3 Å². The SMILES string of the molecule is C[C@H]1[C@H](C)CCC[C@@H]1NC(=O)COC(=O)c1ccccc1Br. The highest BCUT2D eigenvalue weighted by Crippen LogP contribution is 2.29. The van der Waals surface area contributed by atoms with Crippen molar-refractivity contribution < 1.29 is 14.3 Å². The molecule has 0 aliphatic heterocycles. The zero-order valence-electron chi connectivity index (χ0n) is 13.0. The van der Waals surface area contributed by atoms with E-state index in [4.69, 9.17) is 4.74 Å². The minimum absolute atomic E-state index is 0.179. The zero-order valence-corrected chi connectivity index (χ0v) is 14.6. The largest absolute Gasteiger partial charge is 0.452 e. The second-order valence-corrected chi connectivity index (χ2v) is 6.85. The van der Waals surface area contributed by atoms with Crippen LogP contribution in [0.25, 0.3) is 0 Å². The maximum absolute atomic E-state index is 12.0. The summed E-state index contributed by atoms with van der Waals surface area (Å²) in [5, 5.41) is 2.99. The summed E-state index contributed by atoms with van der Waals surface area (Å²) in [6.07, 6.45) is 3.34. The van der Waals surface area contributed by atoms with Gasteiger partial charge in [-0.25, -0.2) is 4.79 Å². The first-order chi connectivity index (χ1) is 10.5. The average Bonchev–Trinajstić information content (AvgIpc) is 2.50. The summed E-state index contributed by atoms with van der Waals surface area (Å²) in [5.74, 6) is 0.345. The van der Waals surface area contributed by atoms with Gasteiger partial charge in [0.1, 0.15) is 0 Å². The lowest BCUT2D eigenvalue weighted by Gasteiger charge is -2.34. The number of hydrogen-bond donors (Lipinski definition) is 1. The number of esters is 1. The first kappa shape index (κ1) is 17.0. The molecule has 120 valence electrons. The van der Waals surface area contributed by atoms with Crippen LogP contribution in [0.2, 0.25) is 0 Å². The van der Waals surface area contributed by atoms with Crippen LogP contribution in [0.1, 0.15) is 43.5 Å². The molecule has 1 fully saturated rings. The Balaban J connectivity index is 1.83. The fraction of sp³-hybridized carbons (Fsp3) is 0.529. The lowest BCUT2D eigenvalue weighted by molar-refractivity contribution is -0.125. The molecule has 5 heteroatoms. The standard InChI is InChI=1S/C17H22BrNO3/c1-11-6-5-9-15(12(11)2)19-16(20)10-22-17(21)13-7-3-4-8-14(13)18/h3-4,7-8,11-12,15H,5-6,9-10H2,1-2H3,(H,19,20)/t11-,12+,15+/m1/s1. The van der Waals surface area contributed by atoms with Crippen LogP contribution < -0.4 is 5.32 Å². The van der Waals surface area contributed by atoms with E-state index >= 15 is 0 Å². The molecule has 22 heavy (non-hydrogen) atoms. The predicted molar refractivity (Wildman–Crippen MR) is 88.5 cm³/mol. The fourth-order valence-electron chi connectivity index (χ4n) is 2.87. The highest BCUT2D eigenvalue weighted by Gasteiger charge is 2.28. The van der Waals surface area contributed by atoms with Gasteiger partial charge in [0.05, 0.1) is 5.56 Å². The predicted octanol–water partition coefficient (Wildman–Crippen LogP) is 3.55. The molecule has 0 saturated heterocycles. The van der Waals surface area contributed by atoms with E-state index in [0.29, 0.717) is 21.9 Å². The highest BCUT2D eigenvalue weighted by atomic mass is 79.9. The van der Waals surface area contributed by atoms with Crippen molar-refractivity contribution in [1.82, 2.24) is 5.32 Å². The van der Waals surface area contributed by atoms with Crippen LogP contribution in [0.5, 0.6) is 0 Å². The lowest BCUT2D eigenvalue weighted by atomic mass is 9.78. The van der Waals surface area contributed by atoms with Gasteiger partial charge < -0.3 is 10.1 Å². The number of carbonyl (C=O) groups excluding carboxylic acids is 2. The number of halogens is 1. The first-order valence-corrected chi connectivity index (χ1v) is 8.49. The number of benzene rings is 1. The maximum Gasteiger partial charge on any atom is 0.339 e. The molecule has 0 bridgehead atoms. The number of rotatable bonds is 4. The van der Waals surface area contributed by atoms with Crippen LogP contribution in [0.15, 0.2) is 28.7 Å². The van der Waals surface area contributed by atoms with E-state index in [9.17, 15) is 9.59 Å². The molecule has 1 N–H and O–H groups in total. The minimum atomic E-state index is -0.493. The van der Waals surface area contributed by atoms with Gasteiger partial charge >= 0.3 is 5.97 Å². The van der Waals surface area contributed by atoms with Gasteiger partial charge in [0.15, 0.2) is 6.61 Å². The summed E-state index contributed by atoms with van der Waals surface area (Å²) < 4.78 is 5.76. The molecule has 4 nitrogen and oxygen atoms in total. The Hall–Kier alpha value is -1.36. The van der Waals surface area contributed by atoms with Gasteiger partial charge in [0.2, 0.25) is 0 Å². The van der Waals surface area contributed by atoms with E-state index in [0.717, 1.165) is 12.8 Å².